The van der Waals surface area contributed by atoms with Gasteiger partial charge in [-0.25, -0.2) is 9.98 Å². The van der Waals surface area contributed by atoms with Gasteiger partial charge in [-0.1, -0.05) is 122 Å². The number of benzene rings is 4. The molecule has 5 aromatic rings. The summed E-state index contributed by atoms with van der Waals surface area (Å²) in [5, 5.41) is 0. The lowest BCUT2D eigenvalue weighted by Gasteiger charge is -2.45. The SMILES string of the molecule is C=C(/N=C(C)\N=C(/C)n1cc(/C=C\C=C/C)c2c1C=CCC2)c1cccc2c1Cc1c-2cccc1S(C1=CC=CCC1)(c1ccccc1)c1ccccc1. The van der Waals surface area contributed by atoms with Crippen LogP contribution in [-0.4, -0.2) is 16.2 Å². The van der Waals surface area contributed by atoms with Gasteiger partial charge in [0.25, 0.3) is 0 Å². The van der Waals surface area contributed by atoms with E-state index in [0.29, 0.717) is 5.84 Å². The van der Waals surface area contributed by atoms with E-state index in [9.17, 15) is 0 Å². The molecule has 0 atom stereocenters. The second-order valence-corrected chi connectivity index (χ2v) is 17.2. The largest absolute Gasteiger partial charge is 0.305 e. The van der Waals surface area contributed by atoms with Gasteiger partial charge in [0.2, 0.25) is 0 Å². The monoisotopic (exact) mass is 721 g/mol. The Morgan fingerprint density at radius 3 is 2.15 bits per heavy atom. The van der Waals surface area contributed by atoms with Crippen LogP contribution in [-0.2, 0) is 12.8 Å². The summed E-state index contributed by atoms with van der Waals surface area (Å²) in [6, 6.07) is 36.1. The number of rotatable bonds is 8. The molecule has 0 unspecified atom stereocenters. The standard InChI is InChI=1S/C50H47N3S/c1-5-6-10-21-39-35-53(49-32-18-17-28-44(39)49)38(4)52-37(3)51-36(2)43-29-19-30-45-46-31-20-33-50(48(46)34-47(43)45)54(40-22-11-7-12-23-40,41-24-13-8-14-25-41)42-26-15-9-16-27-42/h5-15,18-26,29-33,35H,2,16-17,27-28,34H2,1,3-4H3/b6-5-,21-10-,51-37-,52-38+. The zero-order chi connectivity index (χ0) is 37.1. The number of nitrogens with zero attached hydrogens (tertiary/aromatic N) is 3. The van der Waals surface area contributed by atoms with Crippen LogP contribution in [0.1, 0.15) is 73.5 Å². The van der Waals surface area contributed by atoms with Crippen molar-refractivity contribution in [2.75, 3.05) is 0 Å². The lowest BCUT2D eigenvalue weighted by Crippen LogP contribution is -2.11. The van der Waals surface area contributed by atoms with E-state index in [0.717, 1.165) is 49.2 Å². The van der Waals surface area contributed by atoms with Crippen LogP contribution >= 0.6 is 10.0 Å². The van der Waals surface area contributed by atoms with Crippen molar-refractivity contribution in [1.29, 1.82) is 0 Å². The molecule has 0 amide bonds. The highest BCUT2D eigenvalue weighted by Crippen LogP contribution is 2.76. The summed E-state index contributed by atoms with van der Waals surface area (Å²) in [6.07, 6.45) is 27.1. The number of hydrogen-bond donors (Lipinski definition) is 0. The first-order valence-corrected chi connectivity index (χ1v) is 20.7. The van der Waals surface area contributed by atoms with Crippen molar-refractivity contribution in [3.63, 3.8) is 0 Å². The third-order valence-corrected chi connectivity index (χ3v) is 14.9. The quantitative estimate of drug-likeness (QED) is 0.0851. The van der Waals surface area contributed by atoms with Gasteiger partial charge in [0.05, 0.1) is 11.4 Å². The van der Waals surface area contributed by atoms with E-state index in [1.807, 2.05) is 13.8 Å². The Bertz CT molecular complexity index is 2410. The molecule has 0 spiro atoms. The lowest BCUT2D eigenvalue weighted by atomic mass is 10.00. The maximum absolute atomic E-state index is 5.04. The van der Waals surface area contributed by atoms with E-state index in [-0.39, 0.29) is 0 Å². The molecule has 0 saturated carbocycles. The zero-order valence-corrected chi connectivity index (χ0v) is 32.3. The van der Waals surface area contributed by atoms with Crippen LogP contribution in [0.3, 0.4) is 0 Å². The molecule has 4 aromatic carbocycles. The molecule has 0 saturated heterocycles. The Hall–Kier alpha value is -5.71. The first-order valence-electron chi connectivity index (χ1n) is 19.0. The molecule has 0 N–H and O–H groups in total. The predicted octanol–water partition coefficient (Wildman–Crippen LogP) is 13.5. The van der Waals surface area contributed by atoms with Crippen LogP contribution in [0.25, 0.3) is 29.0 Å². The van der Waals surface area contributed by atoms with Gasteiger partial charge in [-0.3, -0.25) is 0 Å². The van der Waals surface area contributed by atoms with Crippen LogP contribution in [0, 0.1) is 0 Å². The van der Waals surface area contributed by atoms with Crippen LogP contribution in [0.5, 0.6) is 0 Å². The van der Waals surface area contributed by atoms with Crippen molar-refractivity contribution >= 4 is 39.5 Å². The van der Waals surface area contributed by atoms with E-state index in [1.165, 1.54) is 58.7 Å². The fraction of sp³-hybridized carbons (Fsp3) is 0.160. The molecular formula is C50H47N3S. The third-order valence-electron chi connectivity index (χ3n) is 10.7. The van der Waals surface area contributed by atoms with Crippen molar-refractivity contribution in [2.45, 2.75) is 67.6 Å². The number of fused-ring (bicyclic) bond motifs is 4. The molecule has 0 fully saturated rings. The third kappa shape index (κ3) is 6.35. The Balaban J connectivity index is 1.18. The number of amidine groups is 1. The fourth-order valence-corrected chi connectivity index (χ4v) is 12.7. The highest BCUT2D eigenvalue weighted by Gasteiger charge is 2.38. The van der Waals surface area contributed by atoms with Crippen molar-refractivity contribution in [3.8, 4) is 11.1 Å². The molecule has 0 aliphatic heterocycles. The van der Waals surface area contributed by atoms with Gasteiger partial charge >= 0.3 is 0 Å². The van der Waals surface area contributed by atoms with E-state index in [4.69, 9.17) is 9.98 Å². The minimum Gasteiger partial charge on any atom is -0.305 e. The molecule has 1 aromatic heterocycles. The molecule has 0 bridgehead atoms. The van der Waals surface area contributed by atoms with E-state index < -0.39 is 10.0 Å². The van der Waals surface area contributed by atoms with Crippen molar-refractivity contribution < 1.29 is 0 Å². The van der Waals surface area contributed by atoms with Gasteiger partial charge in [-0.05, 0) is 121 Å². The second kappa shape index (κ2) is 15.3. The minimum absolute atomic E-state index is 0.688. The topological polar surface area (TPSA) is 29.6 Å². The smallest absolute Gasteiger partial charge is 0.127 e. The van der Waals surface area contributed by atoms with Gasteiger partial charge < -0.3 is 4.57 Å². The fourth-order valence-electron chi connectivity index (χ4n) is 8.39. The number of aromatic nitrogens is 1. The normalized spacial score (nSPS) is 15.7. The first kappa shape index (κ1) is 35.3. The van der Waals surface area contributed by atoms with Crippen molar-refractivity contribution in [3.05, 3.63) is 191 Å². The molecule has 3 nitrogen and oxygen atoms in total. The molecule has 8 rings (SSSR count). The van der Waals surface area contributed by atoms with E-state index in [2.05, 4.69) is 176 Å². The second-order valence-electron chi connectivity index (χ2n) is 14.0. The molecule has 0 radical (unpaired) electrons. The summed E-state index contributed by atoms with van der Waals surface area (Å²) >= 11 is 0. The number of hydrogen-bond acceptors (Lipinski definition) is 1. The average Bonchev–Trinajstić information content (AvgIpc) is 3.79. The lowest BCUT2D eigenvalue weighted by molar-refractivity contribution is 0.969. The maximum Gasteiger partial charge on any atom is 0.127 e. The van der Waals surface area contributed by atoms with Gasteiger partial charge in [0.1, 0.15) is 11.7 Å². The van der Waals surface area contributed by atoms with Gasteiger partial charge in [0.15, 0.2) is 0 Å². The summed E-state index contributed by atoms with van der Waals surface area (Å²) < 4.78 is 2.20. The van der Waals surface area contributed by atoms with E-state index in [1.54, 1.807) is 0 Å². The van der Waals surface area contributed by atoms with Crippen molar-refractivity contribution in [1.82, 2.24) is 4.57 Å². The Labute approximate surface area is 322 Å². The summed E-state index contributed by atoms with van der Waals surface area (Å²) in [5.74, 6) is 1.58. The first-order chi connectivity index (χ1) is 26.5. The summed E-state index contributed by atoms with van der Waals surface area (Å²) in [4.78, 5) is 15.7. The summed E-state index contributed by atoms with van der Waals surface area (Å²) in [6.45, 7) is 10.6. The highest BCUT2D eigenvalue weighted by molar-refractivity contribution is 8.37. The number of allylic oxidation sites excluding steroid dienone is 8. The molecule has 54 heavy (non-hydrogen) atoms. The van der Waals surface area contributed by atoms with Crippen LogP contribution in [0.2, 0.25) is 0 Å². The minimum atomic E-state index is -1.75. The molecular weight excluding hydrogens is 675 g/mol. The average molecular weight is 722 g/mol. The van der Waals surface area contributed by atoms with Gasteiger partial charge in [0, 0.05) is 32.9 Å². The van der Waals surface area contributed by atoms with Crippen LogP contribution in [0.15, 0.2) is 182 Å². The highest BCUT2D eigenvalue weighted by atomic mass is 32.3. The zero-order valence-electron chi connectivity index (χ0n) is 31.5. The number of aliphatic imine (C=N–C) groups is 2. The summed E-state index contributed by atoms with van der Waals surface area (Å²) in [7, 11) is -1.75. The Morgan fingerprint density at radius 1 is 0.741 bits per heavy atom. The van der Waals surface area contributed by atoms with Crippen molar-refractivity contribution in [2.24, 2.45) is 9.98 Å². The molecule has 4 heteroatoms. The summed E-state index contributed by atoms with van der Waals surface area (Å²) in [5.41, 5.74) is 10.9. The van der Waals surface area contributed by atoms with Crippen LogP contribution < -0.4 is 0 Å². The maximum atomic E-state index is 5.04. The van der Waals surface area contributed by atoms with E-state index >= 15 is 0 Å². The van der Waals surface area contributed by atoms with Crippen LogP contribution in [0.4, 0.5) is 0 Å². The molecule has 3 aliphatic carbocycles. The molecule has 268 valence electrons. The van der Waals surface area contributed by atoms with Gasteiger partial charge in [-0.2, -0.15) is 0 Å². The molecule has 1 heterocycles. The predicted molar refractivity (Wildman–Crippen MR) is 233 cm³/mol. The Kier molecular flexibility index (Phi) is 10.0. The Morgan fingerprint density at radius 2 is 1.44 bits per heavy atom. The van der Waals surface area contributed by atoms with Gasteiger partial charge in [-0.15, -0.1) is 10.0 Å². The molecule has 3 aliphatic rings.